The normalized spacial score (nSPS) is 13.8. The summed E-state index contributed by atoms with van der Waals surface area (Å²) in [5.74, 6) is 0.172. The SMILES string of the molecule is CCC(CC(C)C#N)c1ccc(S(=O)(=O)N=C=[N-])cc1. The van der Waals surface area contributed by atoms with Crippen molar-refractivity contribution in [2.75, 3.05) is 0 Å². The Hall–Kier alpha value is -1.96. The Morgan fingerprint density at radius 3 is 2.40 bits per heavy atom. The van der Waals surface area contributed by atoms with Gasteiger partial charge in [0.05, 0.1) is 11.0 Å². The van der Waals surface area contributed by atoms with Crippen molar-refractivity contribution in [1.29, 1.82) is 5.26 Å². The van der Waals surface area contributed by atoms with E-state index in [1.807, 2.05) is 13.8 Å². The quantitative estimate of drug-likeness (QED) is 0.753. The summed E-state index contributed by atoms with van der Waals surface area (Å²) in [6.45, 7) is 3.90. The van der Waals surface area contributed by atoms with Gasteiger partial charge in [0.15, 0.2) is 0 Å². The lowest BCUT2D eigenvalue weighted by molar-refractivity contribution is 0.531. The zero-order valence-corrected chi connectivity index (χ0v) is 12.3. The Morgan fingerprint density at radius 2 is 1.95 bits per heavy atom. The summed E-state index contributed by atoms with van der Waals surface area (Å²) in [5.41, 5.74) is 0.991. The summed E-state index contributed by atoms with van der Waals surface area (Å²) in [4.78, 5) is 0.00554. The molecule has 2 unspecified atom stereocenters. The van der Waals surface area contributed by atoms with Gasteiger partial charge in [-0.25, -0.2) is 8.42 Å². The highest BCUT2D eigenvalue weighted by atomic mass is 32.2. The van der Waals surface area contributed by atoms with Crippen molar-refractivity contribution in [2.45, 2.75) is 37.5 Å². The number of nitriles is 1. The van der Waals surface area contributed by atoms with Crippen molar-refractivity contribution >= 4 is 16.0 Å². The summed E-state index contributed by atoms with van der Waals surface area (Å²) in [5, 5.41) is 17.2. The second kappa shape index (κ2) is 6.99. The molecule has 1 aromatic carbocycles. The van der Waals surface area contributed by atoms with Gasteiger partial charge in [0.25, 0.3) is 0 Å². The molecule has 0 aliphatic heterocycles. The van der Waals surface area contributed by atoms with Gasteiger partial charge in [-0.15, -0.1) is 6.01 Å². The maximum Gasteiger partial charge on any atom is 0.207 e. The van der Waals surface area contributed by atoms with E-state index in [4.69, 9.17) is 10.7 Å². The average Bonchev–Trinajstić information content (AvgIpc) is 2.44. The molecule has 0 spiro atoms. The van der Waals surface area contributed by atoms with E-state index in [0.29, 0.717) is 0 Å². The minimum Gasteiger partial charge on any atom is -0.422 e. The fourth-order valence-corrected chi connectivity index (χ4v) is 2.73. The first-order valence-electron chi connectivity index (χ1n) is 6.30. The molecule has 1 aromatic rings. The lowest BCUT2D eigenvalue weighted by Gasteiger charge is -2.17. The van der Waals surface area contributed by atoms with Crippen LogP contribution in [-0.4, -0.2) is 14.4 Å². The molecule has 0 aliphatic carbocycles. The number of sulfonamides is 1. The van der Waals surface area contributed by atoms with Crippen LogP contribution in [0.3, 0.4) is 0 Å². The standard InChI is InChI=1S/C14H16N3O2S/c1-3-12(8-11(2)9-15)13-4-6-14(7-5-13)20(18,19)17-10-16/h4-7,11-12H,3,8H2,1-2H3/q-1. The van der Waals surface area contributed by atoms with Crippen molar-refractivity contribution in [3.05, 3.63) is 35.2 Å². The molecule has 0 heterocycles. The molecule has 0 aromatic heterocycles. The third-order valence-corrected chi connectivity index (χ3v) is 4.35. The summed E-state index contributed by atoms with van der Waals surface area (Å²) >= 11 is 0. The molecule has 1 rings (SSSR count). The van der Waals surface area contributed by atoms with Gasteiger partial charge >= 0.3 is 0 Å². The van der Waals surface area contributed by atoms with Crippen molar-refractivity contribution in [3.8, 4) is 6.07 Å². The van der Waals surface area contributed by atoms with E-state index in [2.05, 4.69) is 10.5 Å². The molecule has 20 heavy (non-hydrogen) atoms. The van der Waals surface area contributed by atoms with Gasteiger partial charge in [0, 0.05) is 5.92 Å². The summed E-state index contributed by atoms with van der Waals surface area (Å²) in [6.07, 6.45) is 1.61. The Kier molecular flexibility index (Phi) is 5.63. The van der Waals surface area contributed by atoms with Gasteiger partial charge in [-0.05, 0) is 43.4 Å². The summed E-state index contributed by atoms with van der Waals surface area (Å²) < 4.78 is 26.1. The van der Waals surface area contributed by atoms with E-state index < -0.39 is 10.0 Å². The van der Waals surface area contributed by atoms with E-state index in [9.17, 15) is 8.42 Å². The molecule has 106 valence electrons. The lowest BCUT2D eigenvalue weighted by Crippen LogP contribution is -2.04. The molecule has 0 aliphatic rings. The second-order valence-electron chi connectivity index (χ2n) is 4.61. The molecule has 0 saturated heterocycles. The molecule has 0 amide bonds. The van der Waals surface area contributed by atoms with Crippen molar-refractivity contribution in [1.82, 2.24) is 0 Å². The Balaban J connectivity index is 3.01. The van der Waals surface area contributed by atoms with Gasteiger partial charge in [-0.2, -0.15) is 5.26 Å². The van der Waals surface area contributed by atoms with E-state index in [1.165, 1.54) is 18.1 Å². The highest BCUT2D eigenvalue weighted by Gasteiger charge is 2.14. The lowest BCUT2D eigenvalue weighted by atomic mass is 9.88. The predicted molar refractivity (Wildman–Crippen MR) is 76.8 cm³/mol. The monoisotopic (exact) mass is 290 g/mol. The fourth-order valence-electron chi connectivity index (χ4n) is 2.04. The van der Waals surface area contributed by atoms with Crippen molar-refractivity contribution in [3.63, 3.8) is 0 Å². The summed E-state index contributed by atoms with van der Waals surface area (Å²) in [7, 11) is -3.88. The molecular formula is C14H16N3O2S-. The van der Waals surface area contributed by atoms with E-state index in [0.717, 1.165) is 18.4 Å². The van der Waals surface area contributed by atoms with Crippen LogP contribution in [0.15, 0.2) is 33.6 Å². The van der Waals surface area contributed by atoms with Gasteiger partial charge in [-0.1, -0.05) is 19.1 Å². The number of nitrogens with zero attached hydrogens (tertiary/aromatic N) is 3. The largest absolute Gasteiger partial charge is 0.422 e. The average molecular weight is 290 g/mol. The van der Waals surface area contributed by atoms with Crippen LogP contribution in [0, 0.1) is 17.2 Å². The third-order valence-electron chi connectivity index (χ3n) is 3.16. The van der Waals surface area contributed by atoms with Crippen LogP contribution in [0.2, 0.25) is 0 Å². The maximum atomic E-state index is 11.6. The van der Waals surface area contributed by atoms with Gasteiger partial charge in [0.1, 0.15) is 0 Å². The molecule has 0 fully saturated rings. The van der Waals surface area contributed by atoms with Crippen LogP contribution in [-0.2, 0) is 10.0 Å². The summed E-state index contributed by atoms with van der Waals surface area (Å²) in [6, 6.07) is 9.83. The first kappa shape index (κ1) is 16.1. The minimum absolute atomic E-state index is 0.00554. The minimum atomic E-state index is -3.88. The Morgan fingerprint density at radius 1 is 1.35 bits per heavy atom. The van der Waals surface area contributed by atoms with Gasteiger partial charge in [0.2, 0.25) is 10.0 Å². The number of hydrogen-bond donors (Lipinski definition) is 0. The third kappa shape index (κ3) is 4.02. The van der Waals surface area contributed by atoms with Crippen LogP contribution in [0.25, 0.3) is 5.41 Å². The van der Waals surface area contributed by atoms with E-state index in [1.54, 1.807) is 12.1 Å². The molecule has 5 nitrogen and oxygen atoms in total. The topological polar surface area (TPSA) is 92.6 Å². The van der Waals surface area contributed by atoms with E-state index in [-0.39, 0.29) is 16.7 Å². The van der Waals surface area contributed by atoms with Crippen LogP contribution in [0.5, 0.6) is 0 Å². The first-order chi connectivity index (χ1) is 9.44. The molecule has 0 radical (unpaired) electrons. The number of hydrogen-bond acceptors (Lipinski definition) is 3. The Bertz CT molecular complexity index is 638. The van der Waals surface area contributed by atoms with Gasteiger partial charge in [-0.3, -0.25) is 0 Å². The van der Waals surface area contributed by atoms with Crippen molar-refractivity contribution < 1.29 is 8.42 Å². The molecule has 0 bridgehead atoms. The molecule has 0 N–H and O–H groups in total. The predicted octanol–water partition coefficient (Wildman–Crippen LogP) is 3.16. The molecule has 0 saturated carbocycles. The second-order valence-corrected chi connectivity index (χ2v) is 6.21. The molecule has 6 heteroatoms. The van der Waals surface area contributed by atoms with Gasteiger partial charge < -0.3 is 9.81 Å². The highest BCUT2D eigenvalue weighted by molar-refractivity contribution is 7.90. The molecular weight excluding hydrogens is 274 g/mol. The van der Waals surface area contributed by atoms with Crippen LogP contribution < -0.4 is 0 Å². The maximum absolute atomic E-state index is 11.6. The Labute approximate surface area is 119 Å². The van der Waals surface area contributed by atoms with Crippen LogP contribution in [0.4, 0.5) is 0 Å². The highest BCUT2D eigenvalue weighted by Crippen LogP contribution is 2.27. The zero-order valence-electron chi connectivity index (χ0n) is 11.4. The first-order valence-corrected chi connectivity index (χ1v) is 7.74. The van der Waals surface area contributed by atoms with Crippen LogP contribution in [0.1, 0.15) is 38.2 Å². The molecule has 2 atom stereocenters. The van der Waals surface area contributed by atoms with E-state index >= 15 is 0 Å². The van der Waals surface area contributed by atoms with Crippen LogP contribution >= 0.6 is 0 Å². The smallest absolute Gasteiger partial charge is 0.207 e. The number of rotatable bonds is 6. The number of benzene rings is 1. The van der Waals surface area contributed by atoms with Crippen molar-refractivity contribution in [2.24, 2.45) is 10.3 Å². The fraction of sp³-hybridized carbons (Fsp3) is 0.429. The zero-order chi connectivity index (χ0) is 15.2.